The number of aromatic nitrogens is 2. The molecule has 0 saturated carbocycles. The maximum Gasteiger partial charge on any atom is 0.137 e. The van der Waals surface area contributed by atoms with Crippen LogP contribution in [0.3, 0.4) is 0 Å². The van der Waals surface area contributed by atoms with Crippen molar-refractivity contribution in [3.63, 3.8) is 0 Å². The molecule has 3 aromatic rings. The van der Waals surface area contributed by atoms with Crippen LogP contribution in [-0.2, 0) is 11.3 Å². The molecule has 0 unspecified atom stereocenters. The van der Waals surface area contributed by atoms with Crippen molar-refractivity contribution < 1.29 is 14.6 Å². The van der Waals surface area contributed by atoms with Gasteiger partial charge < -0.3 is 19.0 Å². The van der Waals surface area contributed by atoms with Gasteiger partial charge in [0.2, 0.25) is 0 Å². The Labute approximate surface area is 152 Å². The molecule has 1 aliphatic rings. The monoisotopic (exact) mass is 353 g/mol. The Balaban J connectivity index is 1.46. The fraction of sp³-hybridized carbons (Fsp3) is 0.350. The number of morpholine rings is 1. The number of aliphatic hydroxyl groups is 1. The Bertz CT molecular complexity index is 854. The van der Waals surface area contributed by atoms with Gasteiger partial charge in [-0.05, 0) is 30.3 Å². The smallest absolute Gasteiger partial charge is 0.137 e. The van der Waals surface area contributed by atoms with E-state index in [1.807, 2.05) is 47.0 Å². The molecule has 4 rings (SSSR count). The van der Waals surface area contributed by atoms with Gasteiger partial charge in [-0.15, -0.1) is 0 Å². The average molecular weight is 353 g/mol. The predicted octanol–water partition coefficient (Wildman–Crippen LogP) is 2.20. The summed E-state index contributed by atoms with van der Waals surface area (Å²) in [7, 11) is 0. The van der Waals surface area contributed by atoms with Crippen molar-refractivity contribution in [3.05, 3.63) is 54.4 Å². The molecule has 0 spiro atoms. The van der Waals surface area contributed by atoms with Gasteiger partial charge in [-0.3, -0.25) is 9.88 Å². The quantitative estimate of drug-likeness (QED) is 0.736. The van der Waals surface area contributed by atoms with Gasteiger partial charge in [0.05, 0.1) is 37.4 Å². The zero-order chi connectivity index (χ0) is 17.8. The number of ether oxygens (including phenoxy) is 2. The summed E-state index contributed by atoms with van der Waals surface area (Å²) in [6.45, 7) is 5.04. The van der Waals surface area contributed by atoms with Crippen LogP contribution in [0.1, 0.15) is 5.56 Å². The summed E-state index contributed by atoms with van der Waals surface area (Å²) in [6, 6.07) is 11.8. The highest BCUT2D eigenvalue weighted by Crippen LogP contribution is 2.27. The van der Waals surface area contributed by atoms with Crippen molar-refractivity contribution in [2.75, 3.05) is 39.5 Å². The largest absolute Gasteiger partial charge is 0.491 e. The lowest BCUT2D eigenvalue weighted by atomic mass is 10.2. The van der Waals surface area contributed by atoms with Gasteiger partial charge in [-0.25, -0.2) is 0 Å². The molecule has 3 aromatic heterocycles. The minimum absolute atomic E-state index is 0.0174. The van der Waals surface area contributed by atoms with Crippen molar-refractivity contribution in [1.82, 2.24) is 14.3 Å². The topological polar surface area (TPSA) is 59.2 Å². The van der Waals surface area contributed by atoms with Crippen LogP contribution in [0.4, 0.5) is 0 Å². The number of aliphatic hydroxyl groups excluding tert-OH is 1. The molecule has 0 radical (unpaired) electrons. The number of fused-ring (bicyclic) bond motifs is 1. The van der Waals surface area contributed by atoms with E-state index >= 15 is 0 Å². The number of rotatable bonds is 6. The zero-order valence-corrected chi connectivity index (χ0v) is 14.7. The maximum absolute atomic E-state index is 9.70. The first-order chi connectivity index (χ1) is 12.8. The van der Waals surface area contributed by atoms with E-state index in [4.69, 9.17) is 9.47 Å². The van der Waals surface area contributed by atoms with E-state index < -0.39 is 0 Å². The number of hydrogen-bond acceptors (Lipinski definition) is 5. The van der Waals surface area contributed by atoms with Crippen LogP contribution in [0.5, 0.6) is 5.75 Å². The molecule has 4 heterocycles. The SMILES string of the molecule is OCc1cc2ccccn2c1-c1ccc(OCCN2CCOCC2)cn1. The van der Waals surface area contributed by atoms with Gasteiger partial charge in [0.15, 0.2) is 0 Å². The third-order valence-electron chi connectivity index (χ3n) is 4.69. The molecule has 26 heavy (non-hydrogen) atoms. The van der Waals surface area contributed by atoms with E-state index in [0.717, 1.165) is 61.1 Å². The Kier molecular flexibility index (Phi) is 5.15. The van der Waals surface area contributed by atoms with Crippen molar-refractivity contribution in [1.29, 1.82) is 0 Å². The molecule has 0 atom stereocenters. The van der Waals surface area contributed by atoms with E-state index in [9.17, 15) is 5.11 Å². The second kappa shape index (κ2) is 7.86. The first-order valence-electron chi connectivity index (χ1n) is 8.94. The standard InChI is InChI=1S/C20H23N3O3/c24-15-16-13-17-3-1-2-6-23(17)20(16)19-5-4-18(14-21-19)26-12-9-22-7-10-25-11-8-22/h1-6,13-14,24H,7-12,15H2. The van der Waals surface area contributed by atoms with Crippen LogP contribution in [-0.4, -0.2) is 58.8 Å². The van der Waals surface area contributed by atoms with Crippen LogP contribution < -0.4 is 4.74 Å². The van der Waals surface area contributed by atoms with Crippen LogP contribution in [0.15, 0.2) is 48.8 Å². The molecule has 6 heteroatoms. The summed E-state index contributed by atoms with van der Waals surface area (Å²) in [5, 5.41) is 9.70. The molecule has 136 valence electrons. The van der Waals surface area contributed by atoms with Gasteiger partial charge in [0.25, 0.3) is 0 Å². The van der Waals surface area contributed by atoms with Crippen LogP contribution in [0.2, 0.25) is 0 Å². The molecule has 1 saturated heterocycles. The number of nitrogens with zero attached hydrogens (tertiary/aromatic N) is 3. The highest BCUT2D eigenvalue weighted by Gasteiger charge is 2.13. The molecule has 0 bridgehead atoms. The molecular weight excluding hydrogens is 330 g/mol. The second-order valence-corrected chi connectivity index (χ2v) is 6.35. The molecule has 6 nitrogen and oxygen atoms in total. The summed E-state index contributed by atoms with van der Waals surface area (Å²) in [5.41, 5.74) is 3.65. The summed E-state index contributed by atoms with van der Waals surface area (Å²) >= 11 is 0. The molecule has 1 fully saturated rings. The third-order valence-corrected chi connectivity index (χ3v) is 4.69. The average Bonchev–Trinajstić information content (AvgIpc) is 3.08. The molecule has 0 aliphatic carbocycles. The normalized spacial score (nSPS) is 15.4. The number of hydrogen-bond donors (Lipinski definition) is 1. The zero-order valence-electron chi connectivity index (χ0n) is 14.7. The van der Waals surface area contributed by atoms with E-state index in [2.05, 4.69) is 9.88 Å². The molecule has 0 amide bonds. The fourth-order valence-electron chi connectivity index (χ4n) is 3.31. The van der Waals surface area contributed by atoms with Crippen molar-refractivity contribution in [2.45, 2.75) is 6.61 Å². The second-order valence-electron chi connectivity index (χ2n) is 6.35. The lowest BCUT2D eigenvalue weighted by Gasteiger charge is -2.26. The summed E-state index contributed by atoms with van der Waals surface area (Å²) in [6.07, 6.45) is 3.73. The minimum atomic E-state index is -0.0174. The van der Waals surface area contributed by atoms with Crippen LogP contribution in [0, 0.1) is 0 Å². The fourth-order valence-corrected chi connectivity index (χ4v) is 3.31. The molecule has 0 aromatic carbocycles. The van der Waals surface area contributed by atoms with E-state index in [1.54, 1.807) is 6.20 Å². The predicted molar refractivity (Wildman–Crippen MR) is 99.3 cm³/mol. The van der Waals surface area contributed by atoms with E-state index in [1.165, 1.54) is 0 Å². The highest BCUT2D eigenvalue weighted by molar-refractivity contribution is 5.69. The Morgan fingerprint density at radius 3 is 2.81 bits per heavy atom. The summed E-state index contributed by atoms with van der Waals surface area (Å²) < 4.78 is 13.2. The molecule has 1 aliphatic heterocycles. The Morgan fingerprint density at radius 1 is 1.15 bits per heavy atom. The summed E-state index contributed by atoms with van der Waals surface area (Å²) in [5.74, 6) is 0.758. The van der Waals surface area contributed by atoms with Gasteiger partial charge in [-0.2, -0.15) is 0 Å². The molecular formula is C20H23N3O3. The summed E-state index contributed by atoms with van der Waals surface area (Å²) in [4.78, 5) is 6.89. The first-order valence-corrected chi connectivity index (χ1v) is 8.94. The number of pyridine rings is 2. The Hall–Kier alpha value is -2.41. The third kappa shape index (κ3) is 3.58. The minimum Gasteiger partial charge on any atom is -0.491 e. The van der Waals surface area contributed by atoms with Gasteiger partial charge >= 0.3 is 0 Å². The highest BCUT2D eigenvalue weighted by atomic mass is 16.5. The van der Waals surface area contributed by atoms with Crippen molar-refractivity contribution in [3.8, 4) is 17.1 Å². The lowest BCUT2D eigenvalue weighted by molar-refractivity contribution is 0.0322. The van der Waals surface area contributed by atoms with Crippen LogP contribution in [0.25, 0.3) is 16.9 Å². The van der Waals surface area contributed by atoms with Crippen LogP contribution >= 0.6 is 0 Å². The van der Waals surface area contributed by atoms with Crippen molar-refractivity contribution in [2.24, 2.45) is 0 Å². The lowest BCUT2D eigenvalue weighted by Crippen LogP contribution is -2.38. The molecule has 1 N–H and O–H groups in total. The van der Waals surface area contributed by atoms with Gasteiger partial charge in [-0.1, -0.05) is 6.07 Å². The van der Waals surface area contributed by atoms with E-state index in [-0.39, 0.29) is 6.61 Å². The first kappa shape index (κ1) is 17.0. The van der Waals surface area contributed by atoms with Crippen molar-refractivity contribution >= 4 is 5.52 Å². The Morgan fingerprint density at radius 2 is 2.04 bits per heavy atom. The maximum atomic E-state index is 9.70. The van der Waals surface area contributed by atoms with E-state index in [0.29, 0.717) is 6.61 Å². The van der Waals surface area contributed by atoms with Gasteiger partial charge in [0, 0.05) is 36.9 Å². The van der Waals surface area contributed by atoms with Gasteiger partial charge in [0.1, 0.15) is 12.4 Å².